The van der Waals surface area contributed by atoms with Crippen LogP contribution in [0.1, 0.15) is 0 Å². The molecule has 0 aromatic heterocycles. The monoisotopic (exact) mass is 259 g/mol. The summed E-state index contributed by atoms with van der Waals surface area (Å²) in [5.41, 5.74) is 0. The number of carbonyl (C=O) groups excluding carboxylic acids is 3. The van der Waals surface area contributed by atoms with Crippen molar-refractivity contribution in [2.45, 2.75) is 6.10 Å². The van der Waals surface area contributed by atoms with Crippen molar-refractivity contribution in [2.75, 3.05) is 26.4 Å². The van der Waals surface area contributed by atoms with Crippen molar-refractivity contribution in [3.8, 4) is 0 Å². The van der Waals surface area contributed by atoms with Crippen molar-refractivity contribution in [1.82, 2.24) is 5.32 Å². The molecule has 1 saturated heterocycles. The molecule has 1 rings (SSSR count). The van der Waals surface area contributed by atoms with E-state index in [1.807, 2.05) is 0 Å². The molecule has 1 aliphatic heterocycles. The van der Waals surface area contributed by atoms with Crippen LogP contribution in [0.25, 0.3) is 0 Å². The van der Waals surface area contributed by atoms with E-state index in [2.05, 4.69) is 26.1 Å². The predicted octanol–water partition coefficient (Wildman–Crippen LogP) is -0.0228. The standard InChI is InChI=1S/C10H13NO7/c1-2-8(12)15-4-3-11-9(13)16-5-7-6-17-10(14)18-7/h2,7H,1,3-6H2,(H,11,13). The zero-order chi connectivity index (χ0) is 13.4. The van der Waals surface area contributed by atoms with Crippen LogP contribution >= 0.6 is 0 Å². The molecule has 1 N–H and O–H groups in total. The first kappa shape index (κ1) is 13.8. The molecular formula is C10H13NO7. The number of esters is 1. The molecule has 0 radical (unpaired) electrons. The van der Waals surface area contributed by atoms with Crippen LogP contribution in [-0.2, 0) is 23.7 Å². The Hall–Kier alpha value is -2.25. The highest BCUT2D eigenvalue weighted by Gasteiger charge is 2.26. The van der Waals surface area contributed by atoms with Gasteiger partial charge >= 0.3 is 18.2 Å². The topological polar surface area (TPSA) is 100 Å². The molecule has 0 aliphatic carbocycles. The largest absolute Gasteiger partial charge is 0.508 e. The van der Waals surface area contributed by atoms with Gasteiger partial charge in [0.15, 0.2) is 6.10 Å². The van der Waals surface area contributed by atoms with E-state index >= 15 is 0 Å². The van der Waals surface area contributed by atoms with Gasteiger partial charge in [0.2, 0.25) is 0 Å². The van der Waals surface area contributed by atoms with Gasteiger partial charge in [0.05, 0.1) is 6.54 Å². The van der Waals surface area contributed by atoms with Crippen molar-refractivity contribution in [2.24, 2.45) is 0 Å². The molecule has 1 heterocycles. The lowest BCUT2D eigenvalue weighted by Gasteiger charge is -2.09. The van der Waals surface area contributed by atoms with Gasteiger partial charge in [0.1, 0.15) is 19.8 Å². The molecule has 0 spiro atoms. The second-order valence-corrected chi connectivity index (χ2v) is 3.20. The highest BCUT2D eigenvalue weighted by Crippen LogP contribution is 2.05. The molecule has 100 valence electrons. The van der Waals surface area contributed by atoms with Crippen molar-refractivity contribution < 1.29 is 33.3 Å². The van der Waals surface area contributed by atoms with Crippen molar-refractivity contribution >= 4 is 18.2 Å². The second kappa shape index (κ2) is 7.15. The van der Waals surface area contributed by atoms with E-state index in [4.69, 9.17) is 4.74 Å². The fraction of sp³-hybridized carbons (Fsp3) is 0.500. The highest BCUT2D eigenvalue weighted by molar-refractivity contribution is 5.81. The summed E-state index contributed by atoms with van der Waals surface area (Å²) >= 11 is 0. The van der Waals surface area contributed by atoms with Crippen LogP contribution in [0.4, 0.5) is 9.59 Å². The maximum Gasteiger partial charge on any atom is 0.508 e. The average molecular weight is 259 g/mol. The molecule has 0 bridgehead atoms. The fourth-order valence-corrected chi connectivity index (χ4v) is 1.03. The Morgan fingerprint density at radius 1 is 1.50 bits per heavy atom. The Balaban J connectivity index is 2.02. The molecule has 1 aliphatic rings. The van der Waals surface area contributed by atoms with E-state index in [1.54, 1.807) is 0 Å². The predicted molar refractivity (Wildman–Crippen MR) is 56.7 cm³/mol. The van der Waals surface area contributed by atoms with Gasteiger partial charge in [-0.15, -0.1) is 0 Å². The number of hydrogen-bond acceptors (Lipinski definition) is 7. The van der Waals surface area contributed by atoms with Crippen LogP contribution in [0.5, 0.6) is 0 Å². The van der Waals surface area contributed by atoms with Crippen LogP contribution in [0.3, 0.4) is 0 Å². The fourth-order valence-electron chi connectivity index (χ4n) is 1.03. The van der Waals surface area contributed by atoms with E-state index < -0.39 is 24.3 Å². The third kappa shape index (κ3) is 5.19. The average Bonchev–Trinajstić information content (AvgIpc) is 2.77. The summed E-state index contributed by atoms with van der Waals surface area (Å²) in [6.07, 6.45) is -1.04. The summed E-state index contributed by atoms with van der Waals surface area (Å²) in [6.45, 7) is 3.31. The van der Waals surface area contributed by atoms with Gasteiger partial charge in [-0.2, -0.15) is 0 Å². The first-order valence-corrected chi connectivity index (χ1v) is 5.15. The van der Waals surface area contributed by atoms with Crippen LogP contribution < -0.4 is 5.32 Å². The van der Waals surface area contributed by atoms with Gasteiger partial charge < -0.3 is 24.3 Å². The Kier molecular flexibility index (Phi) is 5.49. The molecule has 8 nitrogen and oxygen atoms in total. The smallest absolute Gasteiger partial charge is 0.461 e. The molecule has 18 heavy (non-hydrogen) atoms. The number of rotatable bonds is 6. The van der Waals surface area contributed by atoms with Gasteiger partial charge in [-0.25, -0.2) is 14.4 Å². The Morgan fingerprint density at radius 2 is 2.28 bits per heavy atom. The normalized spacial score (nSPS) is 17.3. The number of hydrogen-bond donors (Lipinski definition) is 1. The van der Waals surface area contributed by atoms with E-state index in [0.29, 0.717) is 0 Å². The summed E-state index contributed by atoms with van der Waals surface area (Å²) < 4.78 is 18.5. The molecule has 1 fully saturated rings. The minimum absolute atomic E-state index is 0.0154. The first-order valence-electron chi connectivity index (χ1n) is 5.15. The summed E-state index contributed by atoms with van der Waals surface area (Å²) in [7, 11) is 0. The first-order chi connectivity index (χ1) is 8.61. The molecular weight excluding hydrogens is 246 g/mol. The number of carbonyl (C=O) groups is 3. The quantitative estimate of drug-likeness (QED) is 0.309. The molecule has 0 saturated carbocycles. The van der Waals surface area contributed by atoms with E-state index in [-0.39, 0.29) is 26.4 Å². The number of nitrogens with one attached hydrogen (secondary N) is 1. The summed E-state index contributed by atoms with van der Waals surface area (Å²) in [5, 5.41) is 2.34. The molecule has 1 unspecified atom stereocenters. The van der Waals surface area contributed by atoms with Crippen LogP contribution in [-0.4, -0.2) is 50.7 Å². The Morgan fingerprint density at radius 3 is 2.89 bits per heavy atom. The SMILES string of the molecule is C=CC(=O)OCCNC(=O)OCC1COC(=O)O1. The minimum atomic E-state index is -0.777. The summed E-state index contributed by atoms with van der Waals surface area (Å²) in [6, 6.07) is 0. The third-order valence-corrected chi connectivity index (χ3v) is 1.83. The highest BCUT2D eigenvalue weighted by atomic mass is 16.8. The van der Waals surface area contributed by atoms with Crippen molar-refractivity contribution in [3.05, 3.63) is 12.7 Å². The Bertz CT molecular complexity index is 341. The molecule has 1 atom stereocenters. The van der Waals surface area contributed by atoms with Gasteiger partial charge in [-0.1, -0.05) is 6.58 Å². The maximum absolute atomic E-state index is 11.1. The van der Waals surface area contributed by atoms with E-state index in [0.717, 1.165) is 6.08 Å². The number of amides is 1. The lowest BCUT2D eigenvalue weighted by Crippen LogP contribution is -2.31. The Labute approximate surface area is 103 Å². The lowest BCUT2D eigenvalue weighted by atomic mass is 10.4. The number of alkyl carbamates (subject to hydrolysis) is 1. The summed E-state index contributed by atoms with van der Waals surface area (Å²) in [5.74, 6) is -0.569. The molecule has 8 heteroatoms. The van der Waals surface area contributed by atoms with E-state index in [9.17, 15) is 14.4 Å². The van der Waals surface area contributed by atoms with Crippen LogP contribution in [0.2, 0.25) is 0 Å². The second-order valence-electron chi connectivity index (χ2n) is 3.20. The van der Waals surface area contributed by atoms with Gasteiger partial charge in [0, 0.05) is 6.08 Å². The summed E-state index contributed by atoms with van der Waals surface area (Å²) in [4.78, 5) is 32.3. The maximum atomic E-state index is 11.1. The van der Waals surface area contributed by atoms with E-state index in [1.165, 1.54) is 0 Å². The third-order valence-electron chi connectivity index (χ3n) is 1.83. The molecule has 0 aromatic carbocycles. The zero-order valence-corrected chi connectivity index (χ0v) is 9.55. The van der Waals surface area contributed by atoms with Gasteiger partial charge in [-0.3, -0.25) is 0 Å². The van der Waals surface area contributed by atoms with Gasteiger partial charge in [-0.05, 0) is 0 Å². The van der Waals surface area contributed by atoms with Gasteiger partial charge in [0.25, 0.3) is 0 Å². The van der Waals surface area contributed by atoms with Crippen LogP contribution in [0.15, 0.2) is 12.7 Å². The molecule has 1 amide bonds. The lowest BCUT2D eigenvalue weighted by molar-refractivity contribution is -0.137. The number of cyclic esters (lactones) is 2. The molecule has 0 aromatic rings. The zero-order valence-electron chi connectivity index (χ0n) is 9.55. The number of ether oxygens (including phenoxy) is 4. The van der Waals surface area contributed by atoms with Crippen LogP contribution in [0, 0.1) is 0 Å². The van der Waals surface area contributed by atoms with Crippen molar-refractivity contribution in [3.63, 3.8) is 0 Å². The van der Waals surface area contributed by atoms with Crippen molar-refractivity contribution in [1.29, 1.82) is 0 Å². The minimum Gasteiger partial charge on any atom is -0.461 e.